The van der Waals surface area contributed by atoms with Crippen LogP contribution in [0.5, 0.6) is 0 Å². The minimum absolute atomic E-state index is 0.00949. The van der Waals surface area contributed by atoms with E-state index in [0.717, 1.165) is 36.4 Å². The predicted molar refractivity (Wildman–Crippen MR) is 76.5 cm³/mol. The first-order chi connectivity index (χ1) is 9.22. The van der Waals surface area contributed by atoms with Gasteiger partial charge < -0.3 is 9.73 Å². The summed E-state index contributed by atoms with van der Waals surface area (Å²) in [4.78, 5) is 0. The summed E-state index contributed by atoms with van der Waals surface area (Å²) in [5, 5.41) is 8.36. The number of aryl methyl sites for hydroxylation is 2. The van der Waals surface area contributed by atoms with Crippen LogP contribution < -0.4 is 5.32 Å². The van der Waals surface area contributed by atoms with Gasteiger partial charge in [-0.2, -0.15) is 5.10 Å². The molecule has 2 aromatic heterocycles. The molecule has 1 unspecified atom stereocenters. The second kappa shape index (κ2) is 6.26. The van der Waals surface area contributed by atoms with Crippen LogP contribution in [0, 0.1) is 0 Å². The van der Waals surface area contributed by atoms with Crippen LogP contribution in [0.2, 0.25) is 5.02 Å². The maximum absolute atomic E-state index is 6.31. The number of furan rings is 1. The van der Waals surface area contributed by atoms with Gasteiger partial charge in [0.15, 0.2) is 0 Å². The van der Waals surface area contributed by atoms with Gasteiger partial charge in [-0.05, 0) is 19.5 Å². The Morgan fingerprint density at radius 2 is 2.26 bits per heavy atom. The largest absolute Gasteiger partial charge is 0.469 e. The number of nitrogens with one attached hydrogen (secondary N) is 1. The molecular weight excluding hydrogens is 262 g/mol. The molecule has 0 fully saturated rings. The third-order valence-corrected chi connectivity index (χ3v) is 3.53. The molecule has 5 heteroatoms. The molecule has 0 aliphatic carbocycles. The van der Waals surface area contributed by atoms with Gasteiger partial charge in [-0.25, -0.2) is 0 Å². The van der Waals surface area contributed by atoms with Crippen molar-refractivity contribution >= 4 is 11.6 Å². The van der Waals surface area contributed by atoms with Gasteiger partial charge in [0.2, 0.25) is 0 Å². The zero-order valence-corrected chi connectivity index (χ0v) is 12.4. The van der Waals surface area contributed by atoms with Gasteiger partial charge in [0.05, 0.1) is 29.2 Å². The Morgan fingerprint density at radius 3 is 2.89 bits per heavy atom. The van der Waals surface area contributed by atoms with Gasteiger partial charge in [-0.1, -0.05) is 25.4 Å². The molecule has 0 aliphatic rings. The van der Waals surface area contributed by atoms with Crippen molar-refractivity contribution in [1.29, 1.82) is 0 Å². The second-order valence-corrected chi connectivity index (χ2v) is 4.88. The predicted octanol–water partition coefficient (Wildman–Crippen LogP) is 3.41. The van der Waals surface area contributed by atoms with Crippen molar-refractivity contribution in [3.63, 3.8) is 0 Å². The molecule has 0 aromatic carbocycles. The van der Waals surface area contributed by atoms with Crippen molar-refractivity contribution in [3.05, 3.63) is 40.6 Å². The fraction of sp³-hybridized carbons (Fsp3) is 0.500. The molecule has 2 rings (SSSR count). The lowest BCUT2D eigenvalue weighted by Crippen LogP contribution is -2.22. The van der Waals surface area contributed by atoms with E-state index in [0.29, 0.717) is 5.02 Å². The molecule has 19 heavy (non-hydrogen) atoms. The number of halogens is 1. The van der Waals surface area contributed by atoms with Crippen LogP contribution in [-0.2, 0) is 13.0 Å². The highest BCUT2D eigenvalue weighted by Crippen LogP contribution is 2.31. The first kappa shape index (κ1) is 14.2. The van der Waals surface area contributed by atoms with E-state index in [-0.39, 0.29) is 6.04 Å². The van der Waals surface area contributed by atoms with E-state index in [9.17, 15) is 0 Å². The number of rotatable bonds is 6. The van der Waals surface area contributed by atoms with Crippen LogP contribution in [0.3, 0.4) is 0 Å². The molecule has 0 radical (unpaired) electrons. The van der Waals surface area contributed by atoms with Crippen LogP contribution in [0.25, 0.3) is 0 Å². The lowest BCUT2D eigenvalue weighted by molar-refractivity contribution is 0.494. The monoisotopic (exact) mass is 281 g/mol. The molecule has 4 nitrogen and oxygen atoms in total. The minimum atomic E-state index is 0.00949. The first-order valence-corrected chi connectivity index (χ1v) is 7.05. The van der Waals surface area contributed by atoms with Crippen molar-refractivity contribution < 1.29 is 4.42 Å². The van der Waals surface area contributed by atoms with Gasteiger partial charge in [-0.3, -0.25) is 4.68 Å². The van der Waals surface area contributed by atoms with Gasteiger partial charge in [0.25, 0.3) is 0 Å². The summed E-state index contributed by atoms with van der Waals surface area (Å²) < 4.78 is 7.49. The Labute approximate surface area is 118 Å². The van der Waals surface area contributed by atoms with E-state index in [2.05, 4.69) is 24.3 Å². The van der Waals surface area contributed by atoms with E-state index in [1.807, 2.05) is 17.8 Å². The Morgan fingerprint density at radius 1 is 1.47 bits per heavy atom. The second-order valence-electron chi connectivity index (χ2n) is 4.48. The van der Waals surface area contributed by atoms with Crippen LogP contribution in [0.1, 0.15) is 43.3 Å². The van der Waals surface area contributed by atoms with Crippen molar-refractivity contribution in [3.8, 4) is 0 Å². The molecule has 104 valence electrons. The molecule has 0 aliphatic heterocycles. The third kappa shape index (κ3) is 2.69. The summed E-state index contributed by atoms with van der Waals surface area (Å²) in [6.07, 6.45) is 5.32. The zero-order chi connectivity index (χ0) is 13.8. The third-order valence-electron chi connectivity index (χ3n) is 3.24. The molecule has 2 aromatic rings. The highest BCUT2D eigenvalue weighted by Gasteiger charge is 2.23. The van der Waals surface area contributed by atoms with E-state index in [4.69, 9.17) is 16.0 Å². The normalized spacial score (nSPS) is 12.8. The Hall–Kier alpha value is -1.26. The van der Waals surface area contributed by atoms with Crippen molar-refractivity contribution in [2.75, 3.05) is 7.05 Å². The number of hydrogen-bond acceptors (Lipinski definition) is 3. The van der Waals surface area contributed by atoms with Crippen molar-refractivity contribution in [2.45, 2.75) is 39.3 Å². The lowest BCUT2D eigenvalue weighted by atomic mass is 10.0. The Bertz CT molecular complexity index is 533. The van der Waals surface area contributed by atoms with Crippen LogP contribution in [0.15, 0.2) is 22.9 Å². The first-order valence-electron chi connectivity index (χ1n) is 6.67. The molecule has 0 amide bonds. The molecule has 2 heterocycles. The average molecular weight is 282 g/mol. The topological polar surface area (TPSA) is 43.0 Å². The Balaban J connectivity index is 2.45. The summed E-state index contributed by atoms with van der Waals surface area (Å²) in [7, 11) is 1.93. The maximum Gasteiger partial charge on any atom is 0.108 e. The van der Waals surface area contributed by atoms with E-state index < -0.39 is 0 Å². The lowest BCUT2D eigenvalue weighted by Gasteiger charge is -2.18. The molecule has 0 bridgehead atoms. The quantitative estimate of drug-likeness (QED) is 0.882. The highest BCUT2D eigenvalue weighted by molar-refractivity contribution is 6.31. The molecule has 0 saturated heterocycles. The minimum Gasteiger partial charge on any atom is -0.469 e. The van der Waals surface area contributed by atoms with E-state index in [1.54, 1.807) is 12.5 Å². The van der Waals surface area contributed by atoms with E-state index in [1.165, 1.54) is 0 Å². The van der Waals surface area contributed by atoms with Crippen molar-refractivity contribution in [1.82, 2.24) is 15.1 Å². The summed E-state index contributed by atoms with van der Waals surface area (Å²) in [5.41, 5.74) is 2.13. The standard InChI is InChI=1S/C14H20ClN3O/c1-4-7-18-14(11(15)9-17-18)13(16-3)10-6-8-19-12(10)5-2/h6,8-9,13,16H,4-5,7H2,1-3H3. The molecule has 0 saturated carbocycles. The average Bonchev–Trinajstić information content (AvgIpc) is 3.01. The van der Waals surface area contributed by atoms with Gasteiger partial charge in [-0.15, -0.1) is 0 Å². The zero-order valence-electron chi connectivity index (χ0n) is 11.6. The van der Waals surface area contributed by atoms with Gasteiger partial charge >= 0.3 is 0 Å². The van der Waals surface area contributed by atoms with E-state index >= 15 is 0 Å². The maximum atomic E-state index is 6.31. The SMILES string of the molecule is CCCn1ncc(Cl)c1C(NC)c1ccoc1CC. The summed E-state index contributed by atoms with van der Waals surface area (Å²) in [6, 6.07) is 2.01. The molecule has 1 N–H and O–H groups in total. The number of aromatic nitrogens is 2. The molecule has 1 atom stereocenters. The van der Waals surface area contributed by atoms with Crippen LogP contribution >= 0.6 is 11.6 Å². The van der Waals surface area contributed by atoms with Gasteiger partial charge in [0.1, 0.15) is 5.76 Å². The summed E-state index contributed by atoms with van der Waals surface area (Å²) in [6.45, 7) is 5.07. The summed E-state index contributed by atoms with van der Waals surface area (Å²) in [5.74, 6) is 0.986. The number of nitrogens with zero attached hydrogens (tertiary/aromatic N) is 2. The molecule has 0 spiro atoms. The summed E-state index contributed by atoms with van der Waals surface area (Å²) >= 11 is 6.31. The highest BCUT2D eigenvalue weighted by atomic mass is 35.5. The fourth-order valence-corrected chi connectivity index (χ4v) is 2.63. The number of hydrogen-bond donors (Lipinski definition) is 1. The van der Waals surface area contributed by atoms with Gasteiger partial charge in [0, 0.05) is 18.5 Å². The van der Waals surface area contributed by atoms with Crippen molar-refractivity contribution in [2.24, 2.45) is 0 Å². The van der Waals surface area contributed by atoms with Crippen LogP contribution in [0.4, 0.5) is 0 Å². The fourth-order valence-electron chi connectivity index (χ4n) is 2.38. The van der Waals surface area contributed by atoms with Crippen LogP contribution in [-0.4, -0.2) is 16.8 Å². The smallest absolute Gasteiger partial charge is 0.108 e. The molecular formula is C14H20ClN3O. The Kier molecular flexibility index (Phi) is 4.66.